The van der Waals surface area contributed by atoms with E-state index in [-0.39, 0.29) is 11.2 Å². The maximum absolute atomic E-state index is 14.1. The van der Waals surface area contributed by atoms with Crippen molar-refractivity contribution in [1.29, 1.82) is 0 Å². The number of nitrogen functional groups attached to an aromatic ring is 1. The van der Waals surface area contributed by atoms with Gasteiger partial charge in [0.2, 0.25) is 0 Å². The molecule has 0 saturated heterocycles. The lowest BCUT2D eigenvalue weighted by Crippen LogP contribution is -2.14. The molecule has 0 aliphatic heterocycles. The van der Waals surface area contributed by atoms with Crippen molar-refractivity contribution in [1.82, 2.24) is 20.2 Å². The van der Waals surface area contributed by atoms with Crippen molar-refractivity contribution >= 4 is 54.3 Å². The highest BCUT2D eigenvalue weighted by Gasteiger charge is 2.19. The van der Waals surface area contributed by atoms with E-state index in [0.29, 0.717) is 32.9 Å². The average molecular weight is 424 g/mol. The monoisotopic (exact) mass is 423 g/mol. The van der Waals surface area contributed by atoms with Crippen molar-refractivity contribution in [2.45, 2.75) is 0 Å². The second kappa shape index (κ2) is 5.62. The number of nitrogens with two attached hydrogens (primary N) is 1. The van der Waals surface area contributed by atoms with Crippen LogP contribution in [0.15, 0.2) is 52.0 Å². The molecular weight excluding hydrogens is 413 g/mol. The summed E-state index contributed by atoms with van der Waals surface area (Å²) in [5.41, 5.74) is 8.42. The maximum Gasteiger partial charge on any atom is 0.272 e. The first-order valence-electron chi connectivity index (χ1n) is 8.07. The zero-order valence-corrected chi connectivity index (χ0v) is 15.3. The minimum atomic E-state index is -0.424. The molecule has 0 atom stereocenters. The molecule has 0 aliphatic carbocycles. The molecule has 0 aliphatic rings. The van der Waals surface area contributed by atoms with Crippen molar-refractivity contribution in [3.8, 4) is 11.1 Å². The maximum atomic E-state index is 14.1. The van der Waals surface area contributed by atoms with Crippen LogP contribution in [0.3, 0.4) is 0 Å². The van der Waals surface area contributed by atoms with E-state index < -0.39 is 11.4 Å². The van der Waals surface area contributed by atoms with E-state index in [1.54, 1.807) is 12.3 Å². The van der Waals surface area contributed by atoms with Gasteiger partial charge < -0.3 is 10.7 Å². The van der Waals surface area contributed by atoms with Gasteiger partial charge in [-0.3, -0.25) is 14.9 Å². The highest BCUT2D eigenvalue weighted by Crippen LogP contribution is 2.39. The number of hydrogen-bond acceptors (Lipinski definition) is 4. The third kappa shape index (κ3) is 2.20. The van der Waals surface area contributed by atoms with Crippen LogP contribution in [0.5, 0.6) is 0 Å². The molecule has 8 heteroatoms. The van der Waals surface area contributed by atoms with E-state index in [2.05, 4.69) is 36.1 Å². The number of fused-ring (bicyclic) bond motifs is 4. The second-order valence-electron chi connectivity index (χ2n) is 6.18. The molecule has 27 heavy (non-hydrogen) atoms. The number of pyridine rings is 2. The van der Waals surface area contributed by atoms with Gasteiger partial charge >= 0.3 is 0 Å². The third-order valence-electron chi connectivity index (χ3n) is 4.70. The van der Waals surface area contributed by atoms with E-state index in [4.69, 9.17) is 5.73 Å². The van der Waals surface area contributed by atoms with Crippen LogP contribution in [0.25, 0.3) is 43.8 Å². The Hall–Kier alpha value is -3.26. The molecular formula is C19H11BrFN5O. The number of anilines is 1. The van der Waals surface area contributed by atoms with Gasteiger partial charge in [0.25, 0.3) is 5.56 Å². The summed E-state index contributed by atoms with van der Waals surface area (Å²) in [5, 5.41) is 8.70. The van der Waals surface area contributed by atoms with Gasteiger partial charge in [-0.2, -0.15) is 5.10 Å². The van der Waals surface area contributed by atoms with E-state index in [1.165, 1.54) is 12.3 Å². The number of hydrogen-bond donors (Lipinski definition) is 3. The van der Waals surface area contributed by atoms with Crippen LogP contribution in [0, 0.1) is 5.82 Å². The average Bonchev–Trinajstić information content (AvgIpc) is 3.16. The molecule has 6 nitrogen and oxygen atoms in total. The number of rotatable bonds is 1. The zero-order chi connectivity index (χ0) is 18.7. The first-order chi connectivity index (χ1) is 13.1. The van der Waals surface area contributed by atoms with Gasteiger partial charge in [-0.1, -0.05) is 28.1 Å². The summed E-state index contributed by atoms with van der Waals surface area (Å²) in [4.78, 5) is 19.8. The highest BCUT2D eigenvalue weighted by molar-refractivity contribution is 9.10. The molecule has 3 heterocycles. The summed E-state index contributed by atoms with van der Waals surface area (Å²) in [6, 6.07) is 8.55. The number of aromatic nitrogens is 4. The van der Waals surface area contributed by atoms with Gasteiger partial charge in [-0.25, -0.2) is 4.39 Å². The van der Waals surface area contributed by atoms with Crippen molar-refractivity contribution in [2.75, 3.05) is 5.73 Å². The molecule has 5 aromatic rings. The number of aromatic amines is 2. The van der Waals surface area contributed by atoms with Crippen molar-refractivity contribution in [3.05, 3.63) is 63.4 Å². The third-order valence-corrected chi connectivity index (χ3v) is 5.35. The Labute approximate surface area is 159 Å². The number of benzene rings is 2. The smallest absolute Gasteiger partial charge is 0.272 e. The summed E-state index contributed by atoms with van der Waals surface area (Å²) in [6.07, 6.45) is 3.18. The fraction of sp³-hybridized carbons (Fsp3) is 0. The van der Waals surface area contributed by atoms with Gasteiger partial charge in [0.05, 0.1) is 17.2 Å². The zero-order valence-electron chi connectivity index (χ0n) is 13.7. The molecule has 0 amide bonds. The van der Waals surface area contributed by atoms with Gasteiger partial charge in [-0.05, 0) is 23.8 Å². The van der Waals surface area contributed by atoms with Crippen LogP contribution in [-0.4, -0.2) is 20.2 Å². The fourth-order valence-corrected chi connectivity index (χ4v) is 4.02. The molecule has 2 aromatic carbocycles. The van der Waals surface area contributed by atoms with Crippen molar-refractivity contribution in [3.63, 3.8) is 0 Å². The van der Waals surface area contributed by atoms with E-state index in [1.807, 2.05) is 18.2 Å². The minimum Gasteiger partial charge on any atom is -0.394 e. The molecule has 0 fully saturated rings. The lowest BCUT2D eigenvalue weighted by molar-refractivity contribution is 0.636. The number of H-pyrrole nitrogens is 2. The Morgan fingerprint density at radius 2 is 1.96 bits per heavy atom. The van der Waals surface area contributed by atoms with Gasteiger partial charge in [0, 0.05) is 32.4 Å². The summed E-state index contributed by atoms with van der Waals surface area (Å²) in [5.74, 6) is -0.424. The first kappa shape index (κ1) is 16.0. The SMILES string of the molecule is Nc1c(-c2ccc(F)c3[nH]ncc23)c2cc(Br)c3cccnc3c2[nH]c1=O. The van der Waals surface area contributed by atoms with E-state index >= 15 is 0 Å². The van der Waals surface area contributed by atoms with Crippen molar-refractivity contribution < 1.29 is 4.39 Å². The minimum absolute atomic E-state index is 0.0544. The molecule has 3 aromatic heterocycles. The number of nitrogens with zero attached hydrogens (tertiary/aromatic N) is 2. The Morgan fingerprint density at radius 3 is 2.81 bits per heavy atom. The lowest BCUT2D eigenvalue weighted by atomic mass is 9.96. The fourth-order valence-electron chi connectivity index (χ4n) is 3.47. The second-order valence-corrected chi connectivity index (χ2v) is 7.03. The topological polar surface area (TPSA) is 100 Å². The van der Waals surface area contributed by atoms with Crippen LogP contribution in [0.4, 0.5) is 10.1 Å². The molecule has 132 valence electrons. The molecule has 0 unspecified atom stereocenters. The van der Waals surface area contributed by atoms with Gasteiger partial charge in [-0.15, -0.1) is 0 Å². The number of nitrogens with one attached hydrogen (secondary N) is 2. The summed E-state index contributed by atoms with van der Waals surface area (Å²) in [6.45, 7) is 0. The molecule has 0 saturated carbocycles. The van der Waals surface area contributed by atoms with Crippen LogP contribution in [-0.2, 0) is 0 Å². The summed E-state index contributed by atoms with van der Waals surface area (Å²) in [7, 11) is 0. The Bertz CT molecular complexity index is 1440. The Balaban J connectivity index is 2.03. The van der Waals surface area contributed by atoms with Gasteiger partial charge in [0.1, 0.15) is 17.0 Å². The van der Waals surface area contributed by atoms with Crippen LogP contribution in [0.2, 0.25) is 0 Å². The molecule has 4 N–H and O–H groups in total. The van der Waals surface area contributed by atoms with Gasteiger partial charge in [0.15, 0.2) is 0 Å². The standard InChI is InChI=1S/C19H11BrFN5O/c20-12-6-10-14(8-3-4-13(21)16-11(8)7-24-26-16)15(22)19(27)25-18(10)17-9(12)2-1-5-23-17/h1-7H,22H2,(H,24,26)(H,25,27). The Kier molecular flexibility index (Phi) is 3.32. The first-order valence-corrected chi connectivity index (χ1v) is 8.86. The van der Waals surface area contributed by atoms with Crippen LogP contribution in [0.1, 0.15) is 0 Å². The lowest BCUT2D eigenvalue weighted by Gasteiger charge is -2.13. The van der Waals surface area contributed by atoms with Crippen LogP contribution >= 0.6 is 15.9 Å². The predicted octanol–water partition coefficient (Wildman–Crippen LogP) is 4.10. The Morgan fingerprint density at radius 1 is 1.11 bits per heavy atom. The van der Waals surface area contributed by atoms with E-state index in [0.717, 1.165) is 9.86 Å². The molecule has 0 radical (unpaired) electrons. The number of halogens is 2. The van der Waals surface area contributed by atoms with E-state index in [9.17, 15) is 9.18 Å². The molecule has 0 spiro atoms. The largest absolute Gasteiger partial charge is 0.394 e. The predicted molar refractivity (Wildman–Crippen MR) is 107 cm³/mol. The summed E-state index contributed by atoms with van der Waals surface area (Å²) < 4.78 is 14.9. The molecule has 5 rings (SSSR count). The quantitative estimate of drug-likeness (QED) is 0.353. The summed E-state index contributed by atoms with van der Waals surface area (Å²) >= 11 is 3.57. The molecule has 0 bridgehead atoms. The highest BCUT2D eigenvalue weighted by atomic mass is 79.9. The normalized spacial score (nSPS) is 11.6. The van der Waals surface area contributed by atoms with Crippen LogP contribution < -0.4 is 11.3 Å². The van der Waals surface area contributed by atoms with Crippen molar-refractivity contribution in [2.24, 2.45) is 0 Å².